The summed E-state index contributed by atoms with van der Waals surface area (Å²) in [4.78, 5) is 13.7. The summed E-state index contributed by atoms with van der Waals surface area (Å²) >= 11 is 0. The number of nitriles is 1. The summed E-state index contributed by atoms with van der Waals surface area (Å²) in [7, 11) is 0. The van der Waals surface area contributed by atoms with Gasteiger partial charge in [-0.05, 0) is 11.6 Å². The Balaban J connectivity index is 2.04. The highest BCUT2D eigenvalue weighted by Gasteiger charge is 2.14. The van der Waals surface area contributed by atoms with E-state index in [-0.39, 0.29) is 19.0 Å². The van der Waals surface area contributed by atoms with Gasteiger partial charge in [0, 0.05) is 12.7 Å². The van der Waals surface area contributed by atoms with Crippen LogP contribution in [0.2, 0.25) is 0 Å². The van der Waals surface area contributed by atoms with E-state index in [1.807, 2.05) is 36.4 Å². The predicted molar refractivity (Wildman–Crippen MR) is 74.1 cm³/mol. The van der Waals surface area contributed by atoms with Crippen LogP contribution in [0, 0.1) is 11.3 Å². The molecule has 0 aliphatic heterocycles. The fourth-order valence-electron chi connectivity index (χ4n) is 1.83. The molecular formula is C14H15N5O. The summed E-state index contributed by atoms with van der Waals surface area (Å²) in [5.74, 6) is 0.200. The van der Waals surface area contributed by atoms with Crippen LogP contribution in [0.25, 0.3) is 0 Å². The lowest BCUT2D eigenvalue weighted by Crippen LogP contribution is -2.33. The maximum Gasteiger partial charge on any atom is 0.245 e. The smallest absolute Gasteiger partial charge is 0.245 e. The van der Waals surface area contributed by atoms with E-state index in [2.05, 4.69) is 5.10 Å². The summed E-state index contributed by atoms with van der Waals surface area (Å²) < 4.78 is 1.47. The summed E-state index contributed by atoms with van der Waals surface area (Å²) in [5, 5.41) is 12.8. The molecule has 1 aromatic carbocycles. The molecule has 1 heterocycles. The lowest BCUT2D eigenvalue weighted by molar-refractivity contribution is -0.132. The van der Waals surface area contributed by atoms with Crippen LogP contribution in [0.1, 0.15) is 5.56 Å². The largest absolute Gasteiger partial charge is 0.382 e. The molecule has 0 saturated heterocycles. The Morgan fingerprint density at radius 1 is 1.35 bits per heavy atom. The van der Waals surface area contributed by atoms with Crippen molar-refractivity contribution in [1.82, 2.24) is 14.7 Å². The lowest BCUT2D eigenvalue weighted by Gasteiger charge is -2.19. The number of nitrogens with zero attached hydrogens (tertiary/aromatic N) is 4. The van der Waals surface area contributed by atoms with E-state index in [1.165, 1.54) is 9.58 Å². The van der Waals surface area contributed by atoms with Crippen LogP contribution < -0.4 is 5.73 Å². The van der Waals surface area contributed by atoms with Gasteiger partial charge in [0.25, 0.3) is 0 Å². The van der Waals surface area contributed by atoms with Crippen molar-refractivity contribution in [1.29, 1.82) is 5.26 Å². The van der Waals surface area contributed by atoms with Crippen LogP contribution in [-0.4, -0.2) is 27.1 Å². The highest BCUT2D eigenvalue weighted by molar-refractivity contribution is 5.76. The number of hydrogen-bond donors (Lipinski definition) is 1. The first-order chi connectivity index (χ1) is 9.69. The van der Waals surface area contributed by atoms with E-state index in [4.69, 9.17) is 11.0 Å². The zero-order chi connectivity index (χ0) is 14.4. The molecule has 102 valence electrons. The normalized spacial score (nSPS) is 9.95. The molecule has 6 nitrogen and oxygen atoms in total. The number of rotatable bonds is 5. The van der Waals surface area contributed by atoms with Gasteiger partial charge in [-0.3, -0.25) is 9.48 Å². The van der Waals surface area contributed by atoms with Crippen LogP contribution in [0.3, 0.4) is 0 Å². The van der Waals surface area contributed by atoms with Crippen molar-refractivity contribution in [2.24, 2.45) is 0 Å². The molecule has 2 N–H and O–H groups in total. The number of carbonyl (C=O) groups is 1. The molecule has 1 amide bonds. The minimum absolute atomic E-state index is 0.0461. The molecule has 1 aromatic heterocycles. The molecule has 0 unspecified atom stereocenters. The van der Waals surface area contributed by atoms with Crippen molar-refractivity contribution in [2.75, 3.05) is 12.3 Å². The molecule has 6 heteroatoms. The number of amides is 1. The monoisotopic (exact) mass is 269 g/mol. The van der Waals surface area contributed by atoms with Gasteiger partial charge in [-0.25, -0.2) is 0 Å². The zero-order valence-corrected chi connectivity index (χ0v) is 10.9. The van der Waals surface area contributed by atoms with Crippen molar-refractivity contribution in [2.45, 2.75) is 13.1 Å². The molecule has 0 radical (unpaired) electrons. The Hall–Kier alpha value is -2.81. The molecule has 0 atom stereocenters. The Kier molecular flexibility index (Phi) is 4.35. The number of aromatic nitrogens is 2. The van der Waals surface area contributed by atoms with E-state index in [1.54, 1.807) is 12.3 Å². The molecule has 0 aliphatic carbocycles. The summed E-state index contributed by atoms with van der Waals surface area (Å²) in [5.41, 5.74) is 6.49. The second-order valence-electron chi connectivity index (χ2n) is 4.33. The van der Waals surface area contributed by atoms with Crippen molar-refractivity contribution in [3.63, 3.8) is 0 Å². The SMILES string of the molecule is N#CCN(Cc1ccccc1)C(=O)Cn1ccc(N)n1. The average molecular weight is 269 g/mol. The second-order valence-corrected chi connectivity index (χ2v) is 4.33. The topological polar surface area (TPSA) is 87.9 Å². The van der Waals surface area contributed by atoms with Crippen molar-refractivity contribution < 1.29 is 4.79 Å². The van der Waals surface area contributed by atoms with Crippen LogP contribution in [0.4, 0.5) is 5.82 Å². The number of carbonyl (C=O) groups excluding carboxylic acids is 1. The summed E-state index contributed by atoms with van der Waals surface area (Å²) in [6, 6.07) is 13.2. The predicted octanol–water partition coefficient (Wildman–Crippen LogP) is 1.02. The second kappa shape index (κ2) is 6.38. The maximum absolute atomic E-state index is 12.2. The Bertz CT molecular complexity index is 614. The highest BCUT2D eigenvalue weighted by atomic mass is 16.2. The third-order valence-electron chi connectivity index (χ3n) is 2.79. The van der Waals surface area contributed by atoms with E-state index >= 15 is 0 Å². The molecule has 2 aromatic rings. The quantitative estimate of drug-likeness (QED) is 0.821. The number of anilines is 1. The van der Waals surface area contributed by atoms with E-state index in [0.29, 0.717) is 12.4 Å². The van der Waals surface area contributed by atoms with E-state index in [0.717, 1.165) is 5.56 Å². The molecule has 0 bridgehead atoms. The van der Waals surface area contributed by atoms with Gasteiger partial charge in [-0.1, -0.05) is 30.3 Å². The van der Waals surface area contributed by atoms with Crippen LogP contribution in [0.15, 0.2) is 42.6 Å². The summed E-state index contributed by atoms with van der Waals surface area (Å²) in [6.45, 7) is 0.528. The van der Waals surface area contributed by atoms with Gasteiger partial charge >= 0.3 is 0 Å². The first-order valence-corrected chi connectivity index (χ1v) is 6.16. The molecule has 20 heavy (non-hydrogen) atoms. The van der Waals surface area contributed by atoms with Gasteiger partial charge in [0.05, 0.1) is 6.07 Å². The van der Waals surface area contributed by atoms with E-state index < -0.39 is 0 Å². The fraction of sp³-hybridized carbons (Fsp3) is 0.214. The fourth-order valence-corrected chi connectivity index (χ4v) is 1.83. The van der Waals surface area contributed by atoms with Gasteiger partial charge in [0.15, 0.2) is 0 Å². The van der Waals surface area contributed by atoms with Crippen LogP contribution in [-0.2, 0) is 17.9 Å². The number of benzene rings is 1. The zero-order valence-electron chi connectivity index (χ0n) is 10.9. The number of hydrogen-bond acceptors (Lipinski definition) is 4. The van der Waals surface area contributed by atoms with Crippen molar-refractivity contribution in [3.05, 3.63) is 48.2 Å². The van der Waals surface area contributed by atoms with Crippen LogP contribution >= 0.6 is 0 Å². The Morgan fingerprint density at radius 2 is 2.10 bits per heavy atom. The molecule has 0 fully saturated rings. The van der Waals surface area contributed by atoms with Gasteiger partial charge in [0.2, 0.25) is 5.91 Å². The third kappa shape index (κ3) is 3.59. The molecule has 0 spiro atoms. The van der Waals surface area contributed by atoms with Gasteiger partial charge in [-0.2, -0.15) is 10.4 Å². The number of nitrogen functional groups attached to an aromatic ring is 1. The van der Waals surface area contributed by atoms with Gasteiger partial charge in [-0.15, -0.1) is 0 Å². The Labute approximate surface area is 117 Å². The first-order valence-electron chi connectivity index (χ1n) is 6.16. The standard InChI is InChI=1S/C14H15N5O/c15-7-9-18(10-12-4-2-1-3-5-12)14(20)11-19-8-6-13(16)17-19/h1-6,8H,9-11H2,(H2,16,17). The summed E-state index contributed by atoms with van der Waals surface area (Å²) in [6.07, 6.45) is 1.64. The van der Waals surface area contributed by atoms with Crippen molar-refractivity contribution >= 4 is 11.7 Å². The maximum atomic E-state index is 12.2. The van der Waals surface area contributed by atoms with E-state index in [9.17, 15) is 4.79 Å². The molecule has 0 saturated carbocycles. The highest BCUT2D eigenvalue weighted by Crippen LogP contribution is 2.06. The van der Waals surface area contributed by atoms with Crippen LogP contribution in [0.5, 0.6) is 0 Å². The molecule has 2 rings (SSSR count). The Morgan fingerprint density at radius 3 is 2.70 bits per heavy atom. The minimum Gasteiger partial charge on any atom is -0.382 e. The lowest BCUT2D eigenvalue weighted by atomic mass is 10.2. The third-order valence-corrected chi connectivity index (χ3v) is 2.79. The average Bonchev–Trinajstić information content (AvgIpc) is 2.85. The van der Waals surface area contributed by atoms with Gasteiger partial charge < -0.3 is 10.6 Å². The first kappa shape index (κ1) is 13.6. The molecule has 0 aliphatic rings. The van der Waals surface area contributed by atoms with Gasteiger partial charge in [0.1, 0.15) is 18.9 Å². The number of nitrogens with two attached hydrogens (primary N) is 1. The molecular weight excluding hydrogens is 254 g/mol. The minimum atomic E-state index is -0.168. The van der Waals surface area contributed by atoms with Crippen molar-refractivity contribution in [3.8, 4) is 6.07 Å².